The monoisotopic (exact) mass is 309 g/mol. The maximum absolute atomic E-state index is 6.33. The van der Waals surface area contributed by atoms with Crippen molar-refractivity contribution in [2.75, 3.05) is 7.11 Å². The smallest absolute Gasteiger partial charge is 0.215 e. The van der Waals surface area contributed by atoms with Crippen molar-refractivity contribution in [3.05, 3.63) is 18.0 Å². The third-order valence-corrected chi connectivity index (χ3v) is 4.18. The lowest BCUT2D eigenvalue weighted by Crippen LogP contribution is -2.13. The molecular formula is C16H24ClN3O. The van der Waals surface area contributed by atoms with Crippen molar-refractivity contribution >= 4 is 22.8 Å². The maximum atomic E-state index is 6.33. The van der Waals surface area contributed by atoms with Gasteiger partial charge in [0.2, 0.25) is 5.88 Å². The molecule has 116 valence electrons. The number of ether oxygens (including phenoxy) is 1. The van der Waals surface area contributed by atoms with Crippen molar-refractivity contribution in [2.24, 2.45) is 5.92 Å². The molecule has 2 heterocycles. The van der Waals surface area contributed by atoms with Gasteiger partial charge in [0.1, 0.15) is 11.3 Å². The van der Waals surface area contributed by atoms with E-state index >= 15 is 0 Å². The first kappa shape index (κ1) is 16.1. The molecule has 0 amide bonds. The molecule has 3 unspecified atom stereocenters. The van der Waals surface area contributed by atoms with E-state index in [9.17, 15) is 0 Å². The van der Waals surface area contributed by atoms with Gasteiger partial charge in [0.25, 0.3) is 0 Å². The highest BCUT2D eigenvalue weighted by molar-refractivity contribution is 6.20. The molecule has 0 fully saturated rings. The zero-order valence-electron chi connectivity index (χ0n) is 13.4. The van der Waals surface area contributed by atoms with Gasteiger partial charge in [-0.05, 0) is 32.3 Å². The van der Waals surface area contributed by atoms with Crippen LogP contribution in [0.5, 0.6) is 5.88 Å². The van der Waals surface area contributed by atoms with Gasteiger partial charge in [-0.1, -0.05) is 20.3 Å². The molecule has 0 aromatic carbocycles. The van der Waals surface area contributed by atoms with Crippen LogP contribution in [0.4, 0.5) is 0 Å². The van der Waals surface area contributed by atoms with E-state index in [-0.39, 0.29) is 5.38 Å². The van der Waals surface area contributed by atoms with Crippen molar-refractivity contribution in [1.82, 2.24) is 14.5 Å². The number of methoxy groups -OCH3 is 1. The van der Waals surface area contributed by atoms with Crippen molar-refractivity contribution < 1.29 is 4.74 Å². The molecule has 0 bridgehead atoms. The normalized spacial score (nSPS) is 15.9. The Morgan fingerprint density at radius 1 is 1.24 bits per heavy atom. The van der Waals surface area contributed by atoms with E-state index in [1.54, 1.807) is 7.11 Å². The predicted molar refractivity (Wildman–Crippen MR) is 87.1 cm³/mol. The van der Waals surface area contributed by atoms with E-state index in [0.717, 1.165) is 23.4 Å². The van der Waals surface area contributed by atoms with Crippen LogP contribution in [-0.4, -0.2) is 21.6 Å². The van der Waals surface area contributed by atoms with Crippen LogP contribution in [-0.2, 0) is 0 Å². The van der Waals surface area contributed by atoms with Crippen LogP contribution in [0, 0.1) is 5.92 Å². The van der Waals surface area contributed by atoms with Gasteiger partial charge in [-0.15, -0.1) is 11.6 Å². The van der Waals surface area contributed by atoms with Crippen LogP contribution in [0.2, 0.25) is 0 Å². The SMILES string of the molecule is CCC(C)CC(C)n1c(C(C)Cl)nc2ccc(OC)nc21. The molecule has 2 rings (SSSR count). The second-order valence-electron chi connectivity index (χ2n) is 5.75. The van der Waals surface area contributed by atoms with E-state index < -0.39 is 0 Å². The molecule has 21 heavy (non-hydrogen) atoms. The number of pyridine rings is 1. The van der Waals surface area contributed by atoms with Gasteiger partial charge < -0.3 is 9.30 Å². The first-order valence-corrected chi connectivity index (χ1v) is 7.98. The molecule has 0 saturated carbocycles. The minimum absolute atomic E-state index is 0.149. The minimum Gasteiger partial charge on any atom is -0.481 e. The third kappa shape index (κ3) is 3.31. The van der Waals surface area contributed by atoms with Gasteiger partial charge in [-0.25, -0.2) is 4.98 Å². The van der Waals surface area contributed by atoms with Crippen LogP contribution in [0.1, 0.15) is 57.8 Å². The Labute approximate surface area is 131 Å². The number of hydrogen-bond donors (Lipinski definition) is 0. The third-order valence-electron chi connectivity index (χ3n) is 3.99. The van der Waals surface area contributed by atoms with Crippen LogP contribution in [0.15, 0.2) is 12.1 Å². The van der Waals surface area contributed by atoms with E-state index in [0.29, 0.717) is 17.8 Å². The summed E-state index contributed by atoms with van der Waals surface area (Å²) in [5.74, 6) is 2.14. The van der Waals surface area contributed by atoms with Crippen molar-refractivity contribution in [3.63, 3.8) is 0 Å². The first-order valence-electron chi connectivity index (χ1n) is 7.54. The zero-order chi connectivity index (χ0) is 15.6. The number of fused-ring (bicyclic) bond motifs is 1. The van der Waals surface area contributed by atoms with Gasteiger partial charge in [0, 0.05) is 12.1 Å². The summed E-state index contributed by atoms with van der Waals surface area (Å²) < 4.78 is 7.41. The zero-order valence-corrected chi connectivity index (χ0v) is 14.2. The van der Waals surface area contributed by atoms with Gasteiger partial charge in [-0.3, -0.25) is 0 Å². The minimum atomic E-state index is -0.149. The molecule has 0 spiro atoms. The second kappa shape index (κ2) is 6.65. The van der Waals surface area contributed by atoms with Crippen molar-refractivity contribution in [3.8, 4) is 5.88 Å². The fourth-order valence-electron chi connectivity index (χ4n) is 2.66. The molecule has 4 nitrogen and oxygen atoms in total. The summed E-state index contributed by atoms with van der Waals surface area (Å²) in [5.41, 5.74) is 1.72. The van der Waals surface area contributed by atoms with E-state index in [4.69, 9.17) is 16.3 Å². The molecular weight excluding hydrogens is 286 g/mol. The molecule has 0 N–H and O–H groups in total. The lowest BCUT2D eigenvalue weighted by molar-refractivity contribution is 0.388. The Morgan fingerprint density at radius 2 is 1.95 bits per heavy atom. The van der Waals surface area contributed by atoms with Gasteiger partial charge >= 0.3 is 0 Å². The van der Waals surface area contributed by atoms with Crippen LogP contribution in [0.3, 0.4) is 0 Å². The second-order valence-corrected chi connectivity index (χ2v) is 6.41. The van der Waals surface area contributed by atoms with Crippen molar-refractivity contribution in [1.29, 1.82) is 0 Å². The molecule has 0 aliphatic heterocycles. The number of hydrogen-bond acceptors (Lipinski definition) is 3. The molecule has 0 radical (unpaired) electrons. The molecule has 0 aliphatic rings. The Morgan fingerprint density at radius 3 is 2.52 bits per heavy atom. The van der Waals surface area contributed by atoms with Gasteiger partial charge in [-0.2, -0.15) is 4.98 Å². The average molecular weight is 310 g/mol. The summed E-state index contributed by atoms with van der Waals surface area (Å²) in [6.45, 7) is 8.65. The van der Waals surface area contributed by atoms with Crippen LogP contribution < -0.4 is 4.74 Å². The largest absolute Gasteiger partial charge is 0.481 e. The summed E-state index contributed by atoms with van der Waals surface area (Å²) in [6.07, 6.45) is 2.25. The summed E-state index contributed by atoms with van der Waals surface area (Å²) >= 11 is 6.33. The fraction of sp³-hybridized carbons (Fsp3) is 0.625. The molecule has 2 aromatic rings. The first-order chi connectivity index (χ1) is 9.97. The Kier molecular flexibility index (Phi) is 5.09. The number of alkyl halides is 1. The number of aromatic nitrogens is 3. The average Bonchev–Trinajstić information content (AvgIpc) is 2.85. The predicted octanol–water partition coefficient (Wildman–Crippen LogP) is 4.74. The summed E-state index contributed by atoms with van der Waals surface area (Å²) in [7, 11) is 1.63. The quantitative estimate of drug-likeness (QED) is 0.724. The highest BCUT2D eigenvalue weighted by Crippen LogP contribution is 2.31. The van der Waals surface area contributed by atoms with Crippen molar-refractivity contribution in [2.45, 2.75) is 52.0 Å². The Bertz CT molecular complexity index is 609. The van der Waals surface area contributed by atoms with Gasteiger partial charge in [0.05, 0.1) is 12.5 Å². The highest BCUT2D eigenvalue weighted by Gasteiger charge is 2.21. The molecule has 5 heteroatoms. The number of nitrogens with zero attached hydrogens (tertiary/aromatic N) is 3. The molecule has 0 aliphatic carbocycles. The fourth-order valence-corrected chi connectivity index (χ4v) is 2.81. The number of rotatable bonds is 6. The standard InChI is InChI=1S/C16H24ClN3O/c1-6-10(2)9-11(3)20-15(12(4)17)18-13-7-8-14(21-5)19-16(13)20/h7-8,10-12H,6,9H2,1-5H3. The molecule has 3 atom stereocenters. The van der Waals surface area contributed by atoms with E-state index in [1.807, 2.05) is 19.1 Å². The lowest BCUT2D eigenvalue weighted by Gasteiger charge is -2.21. The Hall–Kier alpha value is -1.29. The van der Waals surface area contributed by atoms with Crippen LogP contribution in [0.25, 0.3) is 11.2 Å². The highest BCUT2D eigenvalue weighted by atomic mass is 35.5. The summed E-state index contributed by atoms with van der Waals surface area (Å²) in [4.78, 5) is 9.23. The lowest BCUT2D eigenvalue weighted by atomic mass is 10.00. The van der Waals surface area contributed by atoms with Gasteiger partial charge in [0.15, 0.2) is 5.65 Å². The van der Waals surface area contributed by atoms with Crippen LogP contribution >= 0.6 is 11.6 Å². The maximum Gasteiger partial charge on any atom is 0.215 e. The summed E-state index contributed by atoms with van der Waals surface area (Å²) in [5, 5.41) is -0.149. The van der Waals surface area contributed by atoms with E-state index in [1.165, 1.54) is 6.42 Å². The summed E-state index contributed by atoms with van der Waals surface area (Å²) in [6, 6.07) is 4.08. The topological polar surface area (TPSA) is 39.9 Å². The Balaban J connectivity index is 2.53. The van der Waals surface area contributed by atoms with E-state index in [2.05, 4.69) is 35.3 Å². The number of imidazole rings is 1. The molecule has 0 saturated heterocycles. The number of halogens is 1. The molecule has 2 aromatic heterocycles.